The zero-order valence-corrected chi connectivity index (χ0v) is 10.6. The van der Waals surface area contributed by atoms with E-state index in [2.05, 4.69) is 10.6 Å². The van der Waals surface area contributed by atoms with Crippen molar-refractivity contribution in [1.82, 2.24) is 10.6 Å². The molecule has 1 aromatic carbocycles. The maximum absolute atomic E-state index is 11.9. The Kier molecular flexibility index (Phi) is 4.02. The molecule has 1 amide bonds. The summed E-state index contributed by atoms with van der Waals surface area (Å²) in [6, 6.07) is 7.55. The second-order valence-electron chi connectivity index (χ2n) is 4.43. The quantitative estimate of drug-likeness (QED) is 0.867. The summed E-state index contributed by atoms with van der Waals surface area (Å²) in [4.78, 5) is 11.9. The van der Waals surface area contributed by atoms with Crippen LogP contribution in [0, 0.1) is 0 Å². The minimum Gasteiger partial charge on any atom is -0.348 e. The Labute approximate surface area is 107 Å². The third kappa shape index (κ3) is 3.20. The van der Waals surface area contributed by atoms with E-state index in [0.717, 1.165) is 24.9 Å². The molecule has 0 spiro atoms. The molecular weight excluding hydrogens is 236 g/mol. The van der Waals surface area contributed by atoms with Crippen molar-refractivity contribution in [2.24, 2.45) is 0 Å². The smallest absolute Gasteiger partial charge is 0.237 e. The molecule has 2 N–H and O–H groups in total. The molecule has 1 aromatic rings. The van der Waals surface area contributed by atoms with Crippen LogP contribution in [0.2, 0.25) is 5.02 Å². The van der Waals surface area contributed by atoms with E-state index in [1.807, 2.05) is 31.2 Å². The molecule has 1 fully saturated rings. The Morgan fingerprint density at radius 1 is 1.47 bits per heavy atom. The summed E-state index contributed by atoms with van der Waals surface area (Å²) < 4.78 is 0. The lowest BCUT2D eigenvalue weighted by atomic mass is 10.1. The Morgan fingerprint density at radius 2 is 2.18 bits per heavy atom. The zero-order valence-electron chi connectivity index (χ0n) is 9.87. The van der Waals surface area contributed by atoms with Crippen molar-refractivity contribution in [1.29, 1.82) is 0 Å². The molecule has 0 aliphatic carbocycles. The van der Waals surface area contributed by atoms with Crippen LogP contribution in [0.4, 0.5) is 0 Å². The number of halogens is 1. The maximum Gasteiger partial charge on any atom is 0.237 e. The molecule has 1 aliphatic heterocycles. The van der Waals surface area contributed by atoms with Gasteiger partial charge in [-0.1, -0.05) is 23.7 Å². The van der Waals surface area contributed by atoms with Crippen molar-refractivity contribution in [3.8, 4) is 0 Å². The van der Waals surface area contributed by atoms with Crippen molar-refractivity contribution in [3.05, 3.63) is 34.9 Å². The molecule has 3 nitrogen and oxygen atoms in total. The Bertz CT molecular complexity index is 385. The second-order valence-corrected chi connectivity index (χ2v) is 4.87. The summed E-state index contributed by atoms with van der Waals surface area (Å²) in [5.74, 6) is 0.0879. The van der Waals surface area contributed by atoms with Crippen LogP contribution < -0.4 is 10.6 Å². The van der Waals surface area contributed by atoms with Gasteiger partial charge in [0.15, 0.2) is 0 Å². The van der Waals surface area contributed by atoms with Crippen LogP contribution in [-0.4, -0.2) is 18.5 Å². The van der Waals surface area contributed by atoms with Crippen molar-refractivity contribution in [3.63, 3.8) is 0 Å². The summed E-state index contributed by atoms with van der Waals surface area (Å²) in [5, 5.41) is 6.91. The highest BCUT2D eigenvalue weighted by Gasteiger charge is 2.23. The van der Waals surface area contributed by atoms with Gasteiger partial charge in [-0.15, -0.1) is 0 Å². The van der Waals surface area contributed by atoms with Gasteiger partial charge in [0.25, 0.3) is 0 Å². The fraction of sp³-hybridized carbons (Fsp3) is 0.462. The van der Waals surface area contributed by atoms with Crippen molar-refractivity contribution in [2.75, 3.05) is 6.54 Å². The van der Waals surface area contributed by atoms with Gasteiger partial charge in [-0.2, -0.15) is 0 Å². The molecule has 17 heavy (non-hydrogen) atoms. The number of hydrogen-bond donors (Lipinski definition) is 2. The molecule has 2 rings (SSSR count). The van der Waals surface area contributed by atoms with Gasteiger partial charge in [0.2, 0.25) is 5.91 Å². The van der Waals surface area contributed by atoms with Crippen LogP contribution in [0.5, 0.6) is 0 Å². The predicted octanol–water partition coefficient (Wildman–Crippen LogP) is 2.27. The van der Waals surface area contributed by atoms with Crippen LogP contribution in [0.25, 0.3) is 0 Å². The summed E-state index contributed by atoms with van der Waals surface area (Å²) >= 11 is 5.83. The largest absolute Gasteiger partial charge is 0.348 e. The molecule has 1 saturated heterocycles. The van der Waals surface area contributed by atoms with Gasteiger partial charge in [-0.05, 0) is 44.0 Å². The number of benzene rings is 1. The fourth-order valence-corrected chi connectivity index (χ4v) is 2.18. The molecule has 2 atom stereocenters. The molecule has 4 heteroatoms. The van der Waals surface area contributed by atoms with Crippen molar-refractivity contribution in [2.45, 2.75) is 31.8 Å². The summed E-state index contributed by atoms with van der Waals surface area (Å²) in [5.41, 5.74) is 1.07. The van der Waals surface area contributed by atoms with E-state index in [-0.39, 0.29) is 18.0 Å². The molecule has 0 bridgehead atoms. The molecule has 0 aromatic heterocycles. The molecule has 1 aliphatic rings. The van der Waals surface area contributed by atoms with Gasteiger partial charge in [-0.3, -0.25) is 4.79 Å². The number of carbonyl (C=O) groups is 1. The SMILES string of the molecule is CC(NC(=O)[C@@H]1CCCN1)c1ccc(Cl)cc1. The first-order valence-corrected chi connectivity index (χ1v) is 6.34. The van der Waals surface area contributed by atoms with Gasteiger partial charge in [0, 0.05) is 5.02 Å². The lowest BCUT2D eigenvalue weighted by molar-refractivity contribution is -0.123. The van der Waals surface area contributed by atoms with Crippen LogP contribution in [0.1, 0.15) is 31.4 Å². The maximum atomic E-state index is 11.9. The van der Waals surface area contributed by atoms with Crippen molar-refractivity contribution < 1.29 is 4.79 Å². The molecule has 92 valence electrons. The molecular formula is C13H17ClN2O. The molecule has 0 radical (unpaired) electrons. The van der Waals surface area contributed by atoms with Gasteiger partial charge < -0.3 is 10.6 Å². The van der Waals surface area contributed by atoms with Gasteiger partial charge in [0.1, 0.15) is 0 Å². The average molecular weight is 253 g/mol. The minimum atomic E-state index is -0.0234. The Morgan fingerprint density at radius 3 is 2.76 bits per heavy atom. The average Bonchev–Trinajstić information content (AvgIpc) is 2.83. The van der Waals surface area contributed by atoms with Crippen LogP contribution in [0.15, 0.2) is 24.3 Å². The zero-order chi connectivity index (χ0) is 12.3. The fourth-order valence-electron chi connectivity index (χ4n) is 2.06. The minimum absolute atomic E-state index is 0.0159. The third-order valence-electron chi connectivity index (χ3n) is 3.11. The van der Waals surface area contributed by atoms with E-state index in [9.17, 15) is 4.79 Å². The number of carbonyl (C=O) groups excluding carboxylic acids is 1. The third-order valence-corrected chi connectivity index (χ3v) is 3.36. The highest BCUT2D eigenvalue weighted by Crippen LogP contribution is 2.16. The standard InChI is InChI=1S/C13H17ClN2O/c1-9(10-4-6-11(14)7-5-10)16-13(17)12-3-2-8-15-12/h4-7,9,12,15H,2-3,8H2,1H3,(H,16,17)/t9?,12-/m0/s1. The van der Waals surface area contributed by atoms with E-state index in [1.165, 1.54) is 0 Å². The predicted molar refractivity (Wildman–Crippen MR) is 69.0 cm³/mol. The summed E-state index contributed by atoms with van der Waals surface area (Å²) in [7, 11) is 0. The first-order valence-electron chi connectivity index (χ1n) is 5.96. The first-order chi connectivity index (χ1) is 8.16. The van der Waals surface area contributed by atoms with E-state index in [0.29, 0.717) is 5.02 Å². The van der Waals surface area contributed by atoms with E-state index < -0.39 is 0 Å². The van der Waals surface area contributed by atoms with Gasteiger partial charge >= 0.3 is 0 Å². The lowest BCUT2D eigenvalue weighted by Crippen LogP contribution is -2.41. The van der Waals surface area contributed by atoms with Gasteiger partial charge in [0.05, 0.1) is 12.1 Å². The summed E-state index contributed by atoms with van der Waals surface area (Å²) in [6.07, 6.45) is 2.01. The van der Waals surface area contributed by atoms with Crippen LogP contribution in [0.3, 0.4) is 0 Å². The van der Waals surface area contributed by atoms with E-state index in [1.54, 1.807) is 0 Å². The van der Waals surface area contributed by atoms with Crippen molar-refractivity contribution >= 4 is 17.5 Å². The number of nitrogens with one attached hydrogen (secondary N) is 2. The molecule has 1 unspecified atom stereocenters. The first kappa shape index (κ1) is 12.4. The highest BCUT2D eigenvalue weighted by atomic mass is 35.5. The normalized spacial score (nSPS) is 21.2. The molecule has 0 saturated carbocycles. The highest BCUT2D eigenvalue weighted by molar-refractivity contribution is 6.30. The van der Waals surface area contributed by atoms with E-state index >= 15 is 0 Å². The van der Waals surface area contributed by atoms with Gasteiger partial charge in [-0.25, -0.2) is 0 Å². The summed E-state index contributed by atoms with van der Waals surface area (Å²) in [6.45, 7) is 2.92. The Balaban J connectivity index is 1.93. The monoisotopic (exact) mass is 252 g/mol. The second kappa shape index (κ2) is 5.52. The number of amides is 1. The topological polar surface area (TPSA) is 41.1 Å². The van der Waals surface area contributed by atoms with Crippen LogP contribution in [-0.2, 0) is 4.79 Å². The Hall–Kier alpha value is -1.06. The number of rotatable bonds is 3. The van der Waals surface area contributed by atoms with Crippen LogP contribution >= 0.6 is 11.6 Å². The molecule has 1 heterocycles. The number of hydrogen-bond acceptors (Lipinski definition) is 2. The lowest BCUT2D eigenvalue weighted by Gasteiger charge is -2.17. The van der Waals surface area contributed by atoms with E-state index in [4.69, 9.17) is 11.6 Å².